The van der Waals surface area contributed by atoms with Crippen LogP contribution in [0.5, 0.6) is 5.75 Å². The van der Waals surface area contributed by atoms with E-state index in [2.05, 4.69) is 18.2 Å². The van der Waals surface area contributed by atoms with Gasteiger partial charge in [-0.15, -0.1) is 0 Å². The minimum Gasteiger partial charge on any atom is -1.00 e. The molecule has 0 heterocycles. The predicted molar refractivity (Wildman–Crippen MR) is 82.8 cm³/mol. The molecule has 1 N–H and O–H groups in total. The summed E-state index contributed by atoms with van der Waals surface area (Å²) in [6.07, 6.45) is 0. The maximum atomic E-state index is 10.8. The molecule has 0 amide bonds. The molecule has 0 unspecified atom stereocenters. The molecule has 0 aliphatic rings. The minimum absolute atomic E-state index is 0. The van der Waals surface area contributed by atoms with Crippen molar-refractivity contribution in [3.63, 3.8) is 0 Å². The third kappa shape index (κ3) is 3.69. The number of carboxylic acid groups (broad SMARTS) is 1. The van der Waals surface area contributed by atoms with Crippen molar-refractivity contribution in [2.75, 3.05) is 0 Å². The van der Waals surface area contributed by atoms with Gasteiger partial charge in [0.1, 0.15) is 12.4 Å². The van der Waals surface area contributed by atoms with Gasteiger partial charge in [0.2, 0.25) is 0 Å². The van der Waals surface area contributed by atoms with E-state index in [0.29, 0.717) is 12.4 Å². The number of benzene rings is 3. The minimum atomic E-state index is -0.935. The summed E-state index contributed by atoms with van der Waals surface area (Å²) < 4.78 is 5.74. The monoisotopic (exact) mass is 302 g/mol. The van der Waals surface area contributed by atoms with Crippen molar-refractivity contribution in [2.24, 2.45) is 0 Å². The van der Waals surface area contributed by atoms with Crippen molar-refractivity contribution in [3.8, 4) is 5.75 Å². The number of carbonyl (C=O) groups is 1. The van der Waals surface area contributed by atoms with E-state index in [0.717, 1.165) is 5.56 Å². The fourth-order valence-corrected chi connectivity index (χ4v) is 2.27. The average Bonchev–Trinajstić information content (AvgIpc) is 2.53. The summed E-state index contributed by atoms with van der Waals surface area (Å²) in [6, 6.07) is 20.7. The van der Waals surface area contributed by atoms with Gasteiger partial charge in [-0.3, -0.25) is 0 Å². The van der Waals surface area contributed by atoms with Crippen LogP contribution in [-0.4, -0.2) is 11.1 Å². The molecule has 0 aromatic heterocycles. The molecule has 4 heteroatoms. The van der Waals surface area contributed by atoms with Crippen LogP contribution < -0.4 is 34.3 Å². The summed E-state index contributed by atoms with van der Waals surface area (Å²) in [4.78, 5) is 10.8. The topological polar surface area (TPSA) is 46.5 Å². The second-order valence-corrected chi connectivity index (χ2v) is 4.76. The van der Waals surface area contributed by atoms with Gasteiger partial charge in [0.25, 0.3) is 0 Å². The Morgan fingerprint density at radius 2 is 1.64 bits per heavy atom. The van der Waals surface area contributed by atoms with Crippen LogP contribution in [0.3, 0.4) is 0 Å². The summed E-state index contributed by atoms with van der Waals surface area (Å²) in [5.74, 6) is -0.275. The Labute approximate surface area is 152 Å². The molecule has 0 bridgehead atoms. The SMILES string of the molecule is O=C(O)c1ccc(OCc2cccc3ccccc23)cc1.[H-].[Na+]. The first-order chi connectivity index (χ1) is 10.2. The number of ether oxygens (including phenoxy) is 1. The third-order valence-corrected chi connectivity index (χ3v) is 3.38. The molecule has 0 aliphatic carbocycles. The van der Waals surface area contributed by atoms with Crippen molar-refractivity contribution in [1.29, 1.82) is 0 Å². The van der Waals surface area contributed by atoms with Gasteiger partial charge < -0.3 is 11.3 Å². The first-order valence-electron chi connectivity index (χ1n) is 6.67. The molecule has 0 fully saturated rings. The van der Waals surface area contributed by atoms with Crippen LogP contribution in [0.4, 0.5) is 0 Å². The summed E-state index contributed by atoms with van der Waals surface area (Å²) in [7, 11) is 0. The molecule has 0 spiro atoms. The van der Waals surface area contributed by atoms with Gasteiger partial charge in [-0.05, 0) is 40.6 Å². The fraction of sp³-hybridized carbons (Fsp3) is 0.0556. The number of hydrogen-bond donors (Lipinski definition) is 1. The van der Waals surface area contributed by atoms with Crippen molar-refractivity contribution in [3.05, 3.63) is 77.9 Å². The smallest absolute Gasteiger partial charge is 1.00 e. The van der Waals surface area contributed by atoms with E-state index in [-0.39, 0.29) is 36.5 Å². The van der Waals surface area contributed by atoms with Crippen LogP contribution in [0.15, 0.2) is 66.7 Å². The third-order valence-electron chi connectivity index (χ3n) is 3.38. The van der Waals surface area contributed by atoms with Crippen LogP contribution in [0.2, 0.25) is 0 Å². The molecule has 0 saturated carbocycles. The summed E-state index contributed by atoms with van der Waals surface area (Å²) in [5.41, 5.74) is 1.36. The first kappa shape index (κ1) is 16.6. The maximum absolute atomic E-state index is 10.8. The van der Waals surface area contributed by atoms with Crippen LogP contribution in [0.25, 0.3) is 10.8 Å². The van der Waals surface area contributed by atoms with Gasteiger partial charge in [-0.25, -0.2) is 4.79 Å². The van der Waals surface area contributed by atoms with E-state index >= 15 is 0 Å². The molecule has 3 aromatic carbocycles. The van der Waals surface area contributed by atoms with Crippen molar-refractivity contribution in [2.45, 2.75) is 6.61 Å². The summed E-state index contributed by atoms with van der Waals surface area (Å²) in [6.45, 7) is 0.452. The largest absolute Gasteiger partial charge is 1.00 e. The van der Waals surface area contributed by atoms with E-state index in [9.17, 15) is 4.79 Å². The molecule has 0 atom stereocenters. The molecule has 3 aromatic rings. The second-order valence-electron chi connectivity index (χ2n) is 4.76. The van der Waals surface area contributed by atoms with E-state index < -0.39 is 5.97 Å². The van der Waals surface area contributed by atoms with Gasteiger partial charge in [0, 0.05) is 0 Å². The molecule has 3 nitrogen and oxygen atoms in total. The predicted octanol–water partition coefficient (Wildman–Crippen LogP) is 1.23. The zero-order valence-electron chi connectivity index (χ0n) is 13.3. The molecule has 0 aliphatic heterocycles. The zero-order valence-corrected chi connectivity index (χ0v) is 14.3. The molecule has 3 rings (SSSR count). The Balaban J connectivity index is 0.00000132. The van der Waals surface area contributed by atoms with Gasteiger partial charge >= 0.3 is 35.5 Å². The fourth-order valence-electron chi connectivity index (χ4n) is 2.27. The van der Waals surface area contributed by atoms with Crippen LogP contribution in [0, 0.1) is 0 Å². The van der Waals surface area contributed by atoms with Gasteiger partial charge in [-0.2, -0.15) is 0 Å². The van der Waals surface area contributed by atoms with Crippen molar-refractivity contribution >= 4 is 16.7 Å². The Bertz CT molecular complexity index is 782. The second kappa shape index (κ2) is 7.45. The standard InChI is InChI=1S/C18H14O3.Na.H/c19-18(20)14-8-10-16(11-9-14)21-12-15-6-3-5-13-4-1-2-7-17(13)15;;/h1-11H,12H2,(H,19,20);;/q;+1;-1. The Morgan fingerprint density at radius 3 is 2.36 bits per heavy atom. The molecular formula is C18H15NaO3. The quantitative estimate of drug-likeness (QED) is 0.738. The Morgan fingerprint density at radius 1 is 0.955 bits per heavy atom. The zero-order chi connectivity index (χ0) is 14.7. The van der Waals surface area contributed by atoms with Crippen molar-refractivity contribution < 1.29 is 45.6 Å². The number of rotatable bonds is 4. The number of carboxylic acids is 1. The molecular weight excluding hydrogens is 287 g/mol. The van der Waals surface area contributed by atoms with E-state index in [1.165, 1.54) is 10.8 Å². The van der Waals surface area contributed by atoms with Crippen LogP contribution in [-0.2, 0) is 6.61 Å². The van der Waals surface area contributed by atoms with Gasteiger partial charge in [0.15, 0.2) is 0 Å². The normalized spacial score (nSPS) is 10.0. The average molecular weight is 302 g/mol. The number of hydrogen-bond acceptors (Lipinski definition) is 2. The van der Waals surface area contributed by atoms with Crippen molar-refractivity contribution in [1.82, 2.24) is 0 Å². The van der Waals surface area contributed by atoms with Crippen LogP contribution >= 0.6 is 0 Å². The molecule has 0 saturated heterocycles. The Hall–Kier alpha value is -1.81. The van der Waals surface area contributed by atoms with Gasteiger partial charge in [0.05, 0.1) is 5.56 Å². The van der Waals surface area contributed by atoms with E-state index in [4.69, 9.17) is 9.84 Å². The number of aromatic carboxylic acids is 1. The first-order valence-corrected chi connectivity index (χ1v) is 6.67. The molecule has 106 valence electrons. The van der Waals surface area contributed by atoms with Crippen LogP contribution in [0.1, 0.15) is 17.3 Å². The summed E-state index contributed by atoms with van der Waals surface area (Å²) >= 11 is 0. The van der Waals surface area contributed by atoms with E-state index in [1.54, 1.807) is 24.3 Å². The molecule has 0 radical (unpaired) electrons. The maximum Gasteiger partial charge on any atom is 1.00 e. The van der Waals surface area contributed by atoms with Gasteiger partial charge in [-0.1, -0.05) is 42.5 Å². The summed E-state index contributed by atoms with van der Waals surface area (Å²) in [5, 5.41) is 11.2. The number of fused-ring (bicyclic) bond motifs is 1. The van der Waals surface area contributed by atoms with E-state index in [1.807, 2.05) is 24.3 Å². The Kier molecular flexibility index (Phi) is 5.61. The molecule has 22 heavy (non-hydrogen) atoms.